The van der Waals surface area contributed by atoms with Crippen LogP contribution in [0.2, 0.25) is 0 Å². The molecule has 33 heavy (non-hydrogen) atoms. The van der Waals surface area contributed by atoms with Crippen molar-refractivity contribution in [1.82, 2.24) is 3.97 Å². The van der Waals surface area contributed by atoms with Crippen molar-refractivity contribution in [2.75, 3.05) is 7.11 Å². The lowest BCUT2D eigenvalue weighted by Crippen LogP contribution is -2.17. The van der Waals surface area contributed by atoms with Crippen LogP contribution in [-0.2, 0) is 37.6 Å². The van der Waals surface area contributed by atoms with Crippen LogP contribution in [0.3, 0.4) is 0 Å². The Morgan fingerprint density at radius 2 is 1.58 bits per heavy atom. The Balaban J connectivity index is 2.13. The predicted octanol–water partition coefficient (Wildman–Crippen LogP) is 5.69. The summed E-state index contributed by atoms with van der Waals surface area (Å²) in [4.78, 5) is 11.5. The smallest absolute Gasteiger partial charge is 0.416 e. The molecule has 1 aromatic heterocycles. The molecule has 0 saturated carbocycles. The fraction of sp³-hybridized carbons (Fsp3) is 0.375. The number of alkyl halides is 3. The van der Waals surface area contributed by atoms with Crippen molar-refractivity contribution < 1.29 is 31.1 Å². The first-order valence-electron chi connectivity index (χ1n) is 10.4. The number of methoxy groups -OCH3 is 1. The third kappa shape index (κ3) is 5.24. The van der Waals surface area contributed by atoms with Crippen molar-refractivity contribution in [3.8, 4) is 0 Å². The third-order valence-corrected chi connectivity index (χ3v) is 7.24. The van der Waals surface area contributed by atoms with Crippen LogP contribution in [-0.4, -0.2) is 25.5 Å². The van der Waals surface area contributed by atoms with Crippen LogP contribution >= 0.6 is 0 Å². The standard InChI is InChI=1S/C24H26F3NO4S/c1-23(2,3)17-8-11-20(12-9-17)33(30,31)28-19(6-5-7-22(29)32-4)15-16-14-18(24(25,26)27)10-13-21(16)28/h8-15H,5-7H2,1-4H3. The summed E-state index contributed by atoms with van der Waals surface area (Å²) in [6, 6.07) is 10.9. The van der Waals surface area contributed by atoms with Crippen molar-refractivity contribution >= 4 is 26.9 Å². The van der Waals surface area contributed by atoms with Crippen LogP contribution in [0.1, 0.15) is 50.4 Å². The molecule has 0 spiro atoms. The molecule has 3 rings (SSSR count). The van der Waals surface area contributed by atoms with E-state index in [2.05, 4.69) is 4.74 Å². The van der Waals surface area contributed by atoms with E-state index in [0.29, 0.717) is 5.69 Å². The highest BCUT2D eigenvalue weighted by Crippen LogP contribution is 2.34. The molecule has 0 aliphatic heterocycles. The first-order chi connectivity index (χ1) is 15.2. The summed E-state index contributed by atoms with van der Waals surface area (Å²) in [7, 11) is -2.85. The molecule has 0 amide bonds. The van der Waals surface area contributed by atoms with Gasteiger partial charge in [0.1, 0.15) is 0 Å². The summed E-state index contributed by atoms with van der Waals surface area (Å²) < 4.78 is 72.5. The second kappa shape index (κ2) is 8.85. The molecule has 9 heteroatoms. The number of nitrogens with zero attached hydrogens (tertiary/aromatic N) is 1. The van der Waals surface area contributed by atoms with Gasteiger partial charge in [0.05, 0.1) is 23.1 Å². The summed E-state index contributed by atoms with van der Waals surface area (Å²) >= 11 is 0. The molecular weight excluding hydrogens is 455 g/mol. The van der Waals surface area contributed by atoms with E-state index in [9.17, 15) is 26.4 Å². The van der Waals surface area contributed by atoms with E-state index in [0.717, 1.165) is 21.7 Å². The average molecular weight is 482 g/mol. The van der Waals surface area contributed by atoms with Gasteiger partial charge in [-0.15, -0.1) is 0 Å². The molecule has 5 nitrogen and oxygen atoms in total. The number of ether oxygens (including phenoxy) is 1. The first-order valence-corrected chi connectivity index (χ1v) is 11.8. The molecule has 0 fully saturated rings. The van der Waals surface area contributed by atoms with Gasteiger partial charge in [-0.2, -0.15) is 13.2 Å². The van der Waals surface area contributed by atoms with Crippen molar-refractivity contribution in [3.63, 3.8) is 0 Å². The maximum atomic E-state index is 13.6. The summed E-state index contributed by atoms with van der Waals surface area (Å²) in [5, 5.41) is 0.160. The van der Waals surface area contributed by atoms with Crippen LogP contribution < -0.4 is 0 Å². The quantitative estimate of drug-likeness (QED) is 0.424. The molecule has 0 saturated heterocycles. The van der Waals surface area contributed by atoms with E-state index >= 15 is 0 Å². The minimum atomic E-state index is -4.55. The lowest BCUT2D eigenvalue weighted by Gasteiger charge is -2.19. The fourth-order valence-electron chi connectivity index (χ4n) is 3.63. The Labute approximate surface area is 191 Å². The second-order valence-corrected chi connectivity index (χ2v) is 10.7. The zero-order valence-corrected chi connectivity index (χ0v) is 19.7. The molecule has 0 atom stereocenters. The van der Waals surface area contributed by atoms with Crippen LogP contribution in [0.4, 0.5) is 13.2 Å². The minimum absolute atomic E-state index is 0.0297. The fourth-order valence-corrected chi connectivity index (χ4v) is 5.20. The van der Waals surface area contributed by atoms with Crippen LogP contribution in [0.5, 0.6) is 0 Å². The maximum absolute atomic E-state index is 13.6. The monoisotopic (exact) mass is 481 g/mol. The van der Waals surface area contributed by atoms with Gasteiger partial charge < -0.3 is 4.74 Å². The number of halogens is 3. The minimum Gasteiger partial charge on any atom is -0.469 e. The van der Waals surface area contributed by atoms with Crippen molar-refractivity contribution in [2.24, 2.45) is 0 Å². The second-order valence-electron chi connectivity index (χ2n) is 8.88. The van der Waals surface area contributed by atoms with Crippen LogP contribution in [0.15, 0.2) is 53.4 Å². The SMILES string of the molecule is COC(=O)CCCc1cc2cc(C(F)(F)F)ccc2n1S(=O)(=O)c1ccc(C(C)(C)C)cc1. The molecule has 0 unspecified atom stereocenters. The maximum Gasteiger partial charge on any atom is 0.416 e. The summed E-state index contributed by atoms with van der Waals surface area (Å²) in [5.41, 5.74) is 0.367. The lowest BCUT2D eigenvalue weighted by molar-refractivity contribution is -0.140. The van der Waals surface area contributed by atoms with Gasteiger partial charge >= 0.3 is 12.1 Å². The van der Waals surface area contributed by atoms with Crippen LogP contribution in [0.25, 0.3) is 10.9 Å². The molecular formula is C24H26F3NO4S. The summed E-state index contributed by atoms with van der Waals surface area (Å²) in [6.45, 7) is 6.02. The number of carbonyl (C=O) groups is 1. The number of rotatable bonds is 6. The number of hydrogen-bond acceptors (Lipinski definition) is 4. The van der Waals surface area contributed by atoms with Crippen molar-refractivity contribution in [3.05, 3.63) is 65.4 Å². The highest BCUT2D eigenvalue weighted by Gasteiger charge is 2.32. The Hall–Kier alpha value is -2.81. The van der Waals surface area contributed by atoms with Gasteiger partial charge in [0.2, 0.25) is 0 Å². The number of fused-ring (bicyclic) bond motifs is 1. The molecule has 1 heterocycles. The van der Waals surface area contributed by atoms with Gasteiger partial charge in [-0.3, -0.25) is 4.79 Å². The van der Waals surface area contributed by atoms with E-state index < -0.39 is 27.7 Å². The topological polar surface area (TPSA) is 65.4 Å². The van der Waals surface area contributed by atoms with Gasteiger partial charge in [0.15, 0.2) is 0 Å². The molecule has 0 radical (unpaired) electrons. The average Bonchev–Trinajstić information content (AvgIpc) is 3.10. The van der Waals surface area contributed by atoms with E-state index in [1.165, 1.54) is 31.4 Å². The van der Waals surface area contributed by atoms with Crippen molar-refractivity contribution in [2.45, 2.75) is 56.5 Å². The number of benzene rings is 2. The van der Waals surface area contributed by atoms with Crippen LogP contribution in [0, 0.1) is 0 Å². The summed E-state index contributed by atoms with van der Waals surface area (Å²) in [6.07, 6.45) is -4.03. The number of esters is 1. The first kappa shape index (κ1) is 24.8. The molecule has 178 valence electrons. The normalized spacial score (nSPS) is 12.8. The molecule has 0 bridgehead atoms. The van der Waals surface area contributed by atoms with Gasteiger partial charge in [0, 0.05) is 17.5 Å². The Kier molecular flexibility index (Phi) is 6.66. The van der Waals surface area contributed by atoms with Gasteiger partial charge in [-0.1, -0.05) is 32.9 Å². The lowest BCUT2D eigenvalue weighted by atomic mass is 9.87. The number of aromatic nitrogens is 1. The van der Waals surface area contributed by atoms with Gasteiger partial charge in [-0.25, -0.2) is 12.4 Å². The van der Waals surface area contributed by atoms with E-state index in [1.807, 2.05) is 20.8 Å². The molecule has 3 aromatic rings. The third-order valence-electron chi connectivity index (χ3n) is 5.46. The molecule has 0 aliphatic carbocycles. The highest BCUT2D eigenvalue weighted by molar-refractivity contribution is 7.90. The van der Waals surface area contributed by atoms with Crippen molar-refractivity contribution in [1.29, 1.82) is 0 Å². The zero-order valence-electron chi connectivity index (χ0n) is 18.9. The Morgan fingerprint density at radius 1 is 0.970 bits per heavy atom. The number of aryl methyl sites for hydroxylation is 1. The Bertz CT molecular complexity index is 1270. The highest BCUT2D eigenvalue weighted by atomic mass is 32.2. The predicted molar refractivity (Wildman–Crippen MR) is 120 cm³/mol. The summed E-state index contributed by atoms with van der Waals surface area (Å²) in [5.74, 6) is -0.447. The van der Waals surface area contributed by atoms with E-state index in [-0.39, 0.29) is 40.5 Å². The van der Waals surface area contributed by atoms with E-state index in [1.54, 1.807) is 12.1 Å². The number of hydrogen-bond donors (Lipinski definition) is 0. The molecule has 0 N–H and O–H groups in total. The van der Waals surface area contributed by atoms with E-state index in [4.69, 9.17) is 0 Å². The number of carbonyl (C=O) groups excluding carboxylic acids is 1. The largest absolute Gasteiger partial charge is 0.469 e. The molecule has 0 aliphatic rings. The van der Waals surface area contributed by atoms with Gasteiger partial charge in [0.25, 0.3) is 10.0 Å². The molecule has 2 aromatic carbocycles. The Morgan fingerprint density at radius 3 is 2.12 bits per heavy atom. The zero-order chi connectivity index (χ0) is 24.6. The van der Waals surface area contributed by atoms with Gasteiger partial charge in [-0.05, 0) is 60.2 Å².